The first-order valence-corrected chi connectivity index (χ1v) is 8.36. The molecule has 1 aliphatic rings. The fourth-order valence-corrected chi connectivity index (χ4v) is 3.18. The molecule has 0 amide bonds. The van der Waals surface area contributed by atoms with Crippen LogP contribution >= 0.6 is 0 Å². The molecule has 0 saturated carbocycles. The maximum atomic E-state index is 12.7. The number of nitriles is 1. The number of Topliss-reactive ketones (excluding diaryl/α,β-unsaturated/α-hetero) is 1. The molecule has 25 heavy (non-hydrogen) atoms. The van der Waals surface area contributed by atoms with E-state index in [2.05, 4.69) is 25.9 Å². The number of hydrogen-bond acceptors (Lipinski definition) is 5. The molecule has 6 nitrogen and oxygen atoms in total. The molecule has 0 unspecified atom stereocenters. The zero-order valence-electron chi connectivity index (χ0n) is 13.6. The van der Waals surface area contributed by atoms with Crippen molar-refractivity contribution in [3.05, 3.63) is 54.0 Å². The molecule has 1 N–H and O–H groups in total. The van der Waals surface area contributed by atoms with Crippen molar-refractivity contribution in [2.75, 3.05) is 18.0 Å². The van der Waals surface area contributed by atoms with E-state index in [0.29, 0.717) is 11.4 Å². The minimum absolute atomic E-state index is 0.290. The Morgan fingerprint density at radius 1 is 1.20 bits per heavy atom. The van der Waals surface area contributed by atoms with Crippen molar-refractivity contribution in [2.45, 2.75) is 18.8 Å². The van der Waals surface area contributed by atoms with Crippen LogP contribution in [0.15, 0.2) is 42.6 Å². The molecule has 2 aromatic heterocycles. The van der Waals surface area contributed by atoms with Gasteiger partial charge in [0.05, 0.1) is 17.1 Å². The third kappa shape index (κ3) is 2.85. The minimum Gasteiger partial charge on any atom is -0.357 e. The number of fused-ring (bicyclic) bond motifs is 1. The largest absolute Gasteiger partial charge is 0.357 e. The highest BCUT2D eigenvalue weighted by atomic mass is 16.1. The number of aromatic amines is 1. The zero-order valence-corrected chi connectivity index (χ0v) is 13.6. The molecular formula is C19H17N5O. The number of imidazole rings is 1. The molecule has 0 spiro atoms. The van der Waals surface area contributed by atoms with Crippen molar-refractivity contribution >= 4 is 22.6 Å². The van der Waals surface area contributed by atoms with Crippen LogP contribution in [0, 0.1) is 11.3 Å². The number of hydrogen-bond donors (Lipinski definition) is 1. The molecule has 6 heteroatoms. The summed E-state index contributed by atoms with van der Waals surface area (Å²) in [6, 6.07) is 13.1. The van der Waals surface area contributed by atoms with E-state index in [4.69, 9.17) is 0 Å². The predicted molar refractivity (Wildman–Crippen MR) is 94.5 cm³/mol. The molecule has 1 aromatic carbocycles. The predicted octanol–water partition coefficient (Wildman–Crippen LogP) is 3.05. The number of pyridine rings is 1. The summed E-state index contributed by atoms with van der Waals surface area (Å²) in [6.45, 7) is 2.00. The lowest BCUT2D eigenvalue weighted by atomic mass is 9.99. The van der Waals surface area contributed by atoms with Gasteiger partial charge < -0.3 is 9.88 Å². The van der Waals surface area contributed by atoms with E-state index in [1.54, 1.807) is 12.3 Å². The van der Waals surface area contributed by atoms with Crippen molar-refractivity contribution < 1.29 is 4.79 Å². The highest BCUT2D eigenvalue weighted by Crippen LogP contribution is 2.23. The molecule has 0 aliphatic carbocycles. The molecule has 1 fully saturated rings. The zero-order chi connectivity index (χ0) is 17.2. The fourth-order valence-electron chi connectivity index (χ4n) is 3.18. The first kappa shape index (κ1) is 15.3. The van der Waals surface area contributed by atoms with E-state index in [1.165, 1.54) is 12.8 Å². The topological polar surface area (TPSA) is 85.7 Å². The second-order valence-electron chi connectivity index (χ2n) is 6.16. The number of aromatic nitrogens is 3. The second-order valence-corrected chi connectivity index (χ2v) is 6.16. The van der Waals surface area contributed by atoms with Gasteiger partial charge in [-0.15, -0.1) is 0 Å². The highest BCUT2D eigenvalue weighted by molar-refractivity contribution is 6.02. The normalized spacial score (nSPS) is 15.2. The first-order chi connectivity index (χ1) is 12.3. The molecule has 4 rings (SSSR count). The molecule has 1 aliphatic heterocycles. The summed E-state index contributed by atoms with van der Waals surface area (Å²) in [5.74, 6) is -0.00233. The van der Waals surface area contributed by atoms with Crippen LogP contribution in [0.3, 0.4) is 0 Å². The molecule has 3 aromatic rings. The van der Waals surface area contributed by atoms with Gasteiger partial charge >= 0.3 is 0 Å². The summed E-state index contributed by atoms with van der Waals surface area (Å²) in [5, 5.41) is 9.50. The van der Waals surface area contributed by atoms with Crippen molar-refractivity contribution in [3.63, 3.8) is 0 Å². The van der Waals surface area contributed by atoms with Gasteiger partial charge in [0, 0.05) is 24.8 Å². The summed E-state index contributed by atoms with van der Waals surface area (Å²) in [4.78, 5) is 26.8. The standard InChI is InChI=1S/C19H17N5O/c20-11-14(19-22-15-5-1-2-6-16(15)23-19)18(25)13-7-8-17(21-12-13)24-9-3-4-10-24/h1-2,5-8,12,14H,3-4,9-10H2,(H,22,23)/t14-/m1/s1. The molecule has 0 bridgehead atoms. The highest BCUT2D eigenvalue weighted by Gasteiger charge is 2.25. The number of H-pyrrole nitrogens is 1. The number of carbonyl (C=O) groups excluding carboxylic acids is 1. The van der Waals surface area contributed by atoms with Crippen molar-refractivity contribution in [1.29, 1.82) is 5.26 Å². The lowest BCUT2D eigenvalue weighted by Crippen LogP contribution is -2.19. The number of nitrogens with zero attached hydrogens (tertiary/aromatic N) is 4. The van der Waals surface area contributed by atoms with Crippen LogP contribution in [-0.4, -0.2) is 33.8 Å². The molecule has 1 atom stereocenters. The van der Waals surface area contributed by atoms with Crippen molar-refractivity contribution in [3.8, 4) is 6.07 Å². The van der Waals surface area contributed by atoms with Gasteiger partial charge in [-0.25, -0.2) is 9.97 Å². The Morgan fingerprint density at radius 2 is 2.00 bits per heavy atom. The van der Waals surface area contributed by atoms with E-state index >= 15 is 0 Å². The second kappa shape index (κ2) is 6.36. The van der Waals surface area contributed by atoms with Crippen LogP contribution in [-0.2, 0) is 0 Å². The lowest BCUT2D eigenvalue weighted by Gasteiger charge is -2.16. The van der Waals surface area contributed by atoms with Crippen LogP contribution in [0.5, 0.6) is 0 Å². The third-order valence-electron chi connectivity index (χ3n) is 4.53. The van der Waals surface area contributed by atoms with Crippen molar-refractivity contribution in [2.24, 2.45) is 0 Å². The Morgan fingerprint density at radius 3 is 2.68 bits per heavy atom. The number of rotatable bonds is 4. The summed E-state index contributed by atoms with van der Waals surface area (Å²) in [7, 11) is 0. The quantitative estimate of drug-likeness (QED) is 0.743. The number of carbonyl (C=O) groups is 1. The van der Waals surface area contributed by atoms with Gasteiger partial charge in [0.2, 0.25) is 0 Å². The molecule has 1 saturated heterocycles. The van der Waals surface area contributed by atoms with E-state index < -0.39 is 5.92 Å². The summed E-state index contributed by atoms with van der Waals surface area (Å²) in [6.07, 6.45) is 3.90. The van der Waals surface area contributed by atoms with Gasteiger partial charge in [0.1, 0.15) is 11.6 Å². The van der Waals surface area contributed by atoms with Gasteiger partial charge in [-0.3, -0.25) is 4.79 Å². The molecule has 124 valence electrons. The summed E-state index contributed by atoms with van der Waals surface area (Å²) >= 11 is 0. The Hall–Kier alpha value is -3.20. The smallest absolute Gasteiger partial charge is 0.189 e. The number of para-hydroxylation sites is 2. The molecule has 3 heterocycles. The average Bonchev–Trinajstić information content (AvgIpc) is 3.32. The SMILES string of the molecule is N#C[C@H](C(=O)c1ccc(N2CCCC2)nc1)c1nc2ccccc2[nH]1. The van der Waals surface area contributed by atoms with Gasteiger partial charge in [-0.1, -0.05) is 12.1 Å². The Balaban J connectivity index is 1.60. The monoisotopic (exact) mass is 331 g/mol. The minimum atomic E-state index is -0.966. The Kier molecular flexibility index (Phi) is 3.90. The van der Waals surface area contributed by atoms with Crippen LogP contribution < -0.4 is 4.90 Å². The van der Waals surface area contributed by atoms with Crippen LogP contribution in [0.4, 0.5) is 5.82 Å². The average molecular weight is 331 g/mol. The Labute approximate surface area is 145 Å². The van der Waals surface area contributed by atoms with Crippen molar-refractivity contribution in [1.82, 2.24) is 15.0 Å². The number of nitrogens with one attached hydrogen (secondary N) is 1. The number of benzene rings is 1. The molecular weight excluding hydrogens is 314 g/mol. The van der Waals surface area contributed by atoms with E-state index in [1.807, 2.05) is 30.3 Å². The van der Waals surface area contributed by atoms with Gasteiger partial charge in [0.15, 0.2) is 11.7 Å². The van der Waals surface area contributed by atoms with Crippen LogP contribution in [0.1, 0.15) is 34.9 Å². The fraction of sp³-hybridized carbons (Fsp3) is 0.263. The van der Waals surface area contributed by atoms with E-state index in [9.17, 15) is 10.1 Å². The number of ketones is 1. The van der Waals surface area contributed by atoms with Gasteiger partial charge in [-0.2, -0.15) is 5.26 Å². The third-order valence-corrected chi connectivity index (χ3v) is 4.53. The summed E-state index contributed by atoms with van der Waals surface area (Å²) < 4.78 is 0. The maximum Gasteiger partial charge on any atom is 0.189 e. The van der Waals surface area contributed by atoms with Crippen LogP contribution in [0.2, 0.25) is 0 Å². The van der Waals surface area contributed by atoms with Crippen LogP contribution in [0.25, 0.3) is 11.0 Å². The maximum absolute atomic E-state index is 12.7. The first-order valence-electron chi connectivity index (χ1n) is 8.36. The lowest BCUT2D eigenvalue weighted by molar-refractivity contribution is 0.0976. The summed E-state index contributed by atoms with van der Waals surface area (Å²) in [5.41, 5.74) is 1.98. The van der Waals surface area contributed by atoms with E-state index in [-0.39, 0.29) is 5.78 Å². The number of anilines is 1. The Bertz CT molecular complexity index is 915. The van der Waals surface area contributed by atoms with Gasteiger partial charge in [-0.05, 0) is 37.1 Å². The van der Waals surface area contributed by atoms with Gasteiger partial charge in [0.25, 0.3) is 0 Å². The van der Waals surface area contributed by atoms with E-state index in [0.717, 1.165) is 29.9 Å². The molecule has 0 radical (unpaired) electrons.